The van der Waals surface area contributed by atoms with E-state index in [2.05, 4.69) is 19.2 Å². The first-order valence-electron chi connectivity index (χ1n) is 6.95. The topological polar surface area (TPSA) is 69.6 Å². The van der Waals surface area contributed by atoms with E-state index in [1.807, 2.05) is 0 Å². The summed E-state index contributed by atoms with van der Waals surface area (Å²) in [5.74, 6) is -0.136. The number of nitrogens with one attached hydrogen (secondary N) is 1. The van der Waals surface area contributed by atoms with E-state index >= 15 is 0 Å². The number of benzene rings is 1. The number of carboxylic acids is 1. The Balaban J connectivity index is 2.12. The van der Waals surface area contributed by atoms with Crippen LogP contribution in [-0.2, 0) is 0 Å². The van der Waals surface area contributed by atoms with Crippen LogP contribution in [0.25, 0.3) is 0 Å². The van der Waals surface area contributed by atoms with Gasteiger partial charge in [-0.3, -0.25) is 0 Å². The molecule has 0 aromatic heterocycles. The molecule has 1 aliphatic rings. The highest BCUT2D eigenvalue weighted by Crippen LogP contribution is 2.25. The zero-order chi connectivity index (χ0) is 15.6. The van der Waals surface area contributed by atoms with Crippen LogP contribution >= 0.6 is 11.6 Å². The number of aromatic carboxylic acids is 1. The molecule has 1 fully saturated rings. The van der Waals surface area contributed by atoms with Crippen LogP contribution in [0.3, 0.4) is 0 Å². The number of likely N-dealkylation sites (tertiary alicyclic amines) is 1. The fraction of sp³-hybridized carbons (Fsp3) is 0.467. The van der Waals surface area contributed by atoms with Crippen LogP contribution in [0.1, 0.15) is 30.6 Å². The van der Waals surface area contributed by atoms with Crippen LogP contribution in [0.5, 0.6) is 0 Å². The predicted molar refractivity (Wildman–Crippen MR) is 81.9 cm³/mol. The summed E-state index contributed by atoms with van der Waals surface area (Å²) >= 11 is 6.02. The summed E-state index contributed by atoms with van der Waals surface area (Å²) in [7, 11) is 0. The smallest absolute Gasteiger partial charge is 0.335 e. The second-order valence-electron chi connectivity index (χ2n) is 5.78. The van der Waals surface area contributed by atoms with Gasteiger partial charge in [0.05, 0.1) is 16.3 Å². The van der Waals surface area contributed by atoms with Gasteiger partial charge in [-0.15, -0.1) is 0 Å². The van der Waals surface area contributed by atoms with Crippen molar-refractivity contribution in [1.29, 1.82) is 0 Å². The minimum absolute atomic E-state index is 0.0927. The molecule has 2 rings (SSSR count). The summed E-state index contributed by atoms with van der Waals surface area (Å²) in [6, 6.07) is 4.02. The van der Waals surface area contributed by atoms with Gasteiger partial charge in [0.15, 0.2) is 0 Å². The highest BCUT2D eigenvalue weighted by Gasteiger charge is 2.25. The van der Waals surface area contributed by atoms with Crippen molar-refractivity contribution >= 4 is 29.3 Å². The number of nitrogens with zero attached hydrogens (tertiary/aromatic N) is 1. The van der Waals surface area contributed by atoms with Gasteiger partial charge < -0.3 is 15.3 Å². The second-order valence-corrected chi connectivity index (χ2v) is 6.19. The van der Waals surface area contributed by atoms with Crippen molar-refractivity contribution in [3.63, 3.8) is 0 Å². The van der Waals surface area contributed by atoms with Crippen LogP contribution in [0.15, 0.2) is 18.2 Å². The SMILES string of the molecule is CC1CC(C)CN(C(=O)Nc2cc(C(=O)O)ccc2Cl)C1. The van der Waals surface area contributed by atoms with Crippen LogP contribution in [0, 0.1) is 11.8 Å². The van der Waals surface area contributed by atoms with E-state index in [0.717, 1.165) is 6.42 Å². The number of carbonyl (C=O) groups is 2. The number of urea groups is 1. The van der Waals surface area contributed by atoms with Gasteiger partial charge in [-0.1, -0.05) is 25.4 Å². The van der Waals surface area contributed by atoms with Crippen molar-refractivity contribution in [1.82, 2.24) is 4.90 Å². The lowest BCUT2D eigenvalue weighted by molar-refractivity contribution is 0.0697. The van der Waals surface area contributed by atoms with E-state index in [-0.39, 0.29) is 11.6 Å². The first kappa shape index (κ1) is 15.6. The molecule has 6 heteroatoms. The van der Waals surface area contributed by atoms with Crippen LogP contribution in [-0.4, -0.2) is 35.1 Å². The lowest BCUT2D eigenvalue weighted by Gasteiger charge is -2.35. The highest BCUT2D eigenvalue weighted by atomic mass is 35.5. The second kappa shape index (κ2) is 6.35. The van der Waals surface area contributed by atoms with E-state index in [1.165, 1.54) is 18.2 Å². The van der Waals surface area contributed by atoms with E-state index in [4.69, 9.17) is 16.7 Å². The van der Waals surface area contributed by atoms with E-state index < -0.39 is 5.97 Å². The van der Waals surface area contributed by atoms with Gasteiger partial charge in [0.1, 0.15) is 0 Å². The maximum absolute atomic E-state index is 12.3. The summed E-state index contributed by atoms with van der Waals surface area (Å²) in [4.78, 5) is 25.0. The fourth-order valence-electron chi connectivity index (χ4n) is 2.78. The standard InChI is InChI=1S/C15H19ClN2O3/c1-9-5-10(2)8-18(7-9)15(21)17-13-6-11(14(19)20)3-4-12(13)16/h3-4,6,9-10H,5,7-8H2,1-2H3,(H,17,21)(H,19,20). The average Bonchev–Trinajstić information content (AvgIpc) is 2.39. The lowest BCUT2D eigenvalue weighted by Crippen LogP contribution is -2.44. The van der Waals surface area contributed by atoms with Gasteiger partial charge in [-0.2, -0.15) is 0 Å². The highest BCUT2D eigenvalue weighted by molar-refractivity contribution is 6.33. The normalized spacial score (nSPS) is 22.0. The molecule has 1 aromatic carbocycles. The zero-order valence-corrected chi connectivity index (χ0v) is 12.9. The third-order valence-corrected chi connectivity index (χ3v) is 3.94. The third-order valence-electron chi connectivity index (χ3n) is 3.61. The first-order chi connectivity index (χ1) is 9.86. The third kappa shape index (κ3) is 3.88. The molecule has 0 aliphatic carbocycles. The molecule has 2 N–H and O–H groups in total. The molecular formula is C15H19ClN2O3. The van der Waals surface area contributed by atoms with Crippen LogP contribution in [0.2, 0.25) is 5.02 Å². The number of hydrogen-bond acceptors (Lipinski definition) is 2. The van der Waals surface area contributed by atoms with Crippen LogP contribution in [0.4, 0.5) is 10.5 Å². The average molecular weight is 311 g/mol. The van der Waals surface area contributed by atoms with Gasteiger partial charge in [-0.25, -0.2) is 9.59 Å². The molecule has 114 valence electrons. The fourth-order valence-corrected chi connectivity index (χ4v) is 2.94. The number of carboxylic acid groups (broad SMARTS) is 1. The molecular weight excluding hydrogens is 292 g/mol. The van der Waals surface area contributed by atoms with Gasteiger partial charge in [0, 0.05) is 13.1 Å². The molecule has 1 heterocycles. The van der Waals surface area contributed by atoms with Crippen molar-refractivity contribution in [2.45, 2.75) is 20.3 Å². The Kier molecular flexibility index (Phi) is 4.73. The molecule has 2 amide bonds. The van der Waals surface area contributed by atoms with Gasteiger partial charge in [0.25, 0.3) is 0 Å². The number of amides is 2. The molecule has 0 saturated carbocycles. The van der Waals surface area contributed by atoms with E-state index in [0.29, 0.717) is 35.6 Å². The number of carbonyl (C=O) groups excluding carboxylic acids is 1. The van der Waals surface area contributed by atoms with Crippen molar-refractivity contribution in [2.24, 2.45) is 11.8 Å². The number of hydrogen-bond donors (Lipinski definition) is 2. The number of piperidine rings is 1. The number of halogens is 1. The van der Waals surface area contributed by atoms with E-state index in [9.17, 15) is 9.59 Å². The maximum Gasteiger partial charge on any atom is 0.335 e. The van der Waals surface area contributed by atoms with E-state index in [1.54, 1.807) is 4.90 Å². The molecule has 1 saturated heterocycles. The molecule has 5 nitrogen and oxygen atoms in total. The molecule has 0 bridgehead atoms. The molecule has 0 radical (unpaired) electrons. The van der Waals surface area contributed by atoms with Gasteiger partial charge in [-0.05, 0) is 36.5 Å². The molecule has 2 atom stereocenters. The first-order valence-corrected chi connectivity index (χ1v) is 7.33. The summed E-state index contributed by atoms with van der Waals surface area (Å²) in [6.07, 6.45) is 1.11. The number of rotatable bonds is 2. The number of anilines is 1. The molecule has 0 spiro atoms. The van der Waals surface area contributed by atoms with Crippen molar-refractivity contribution in [3.8, 4) is 0 Å². The maximum atomic E-state index is 12.3. The molecule has 2 unspecified atom stereocenters. The lowest BCUT2D eigenvalue weighted by atomic mass is 9.92. The Hall–Kier alpha value is -1.75. The Labute approximate surface area is 128 Å². The van der Waals surface area contributed by atoms with Crippen molar-refractivity contribution in [2.75, 3.05) is 18.4 Å². The quantitative estimate of drug-likeness (QED) is 0.877. The van der Waals surface area contributed by atoms with Crippen LogP contribution < -0.4 is 5.32 Å². The summed E-state index contributed by atoms with van der Waals surface area (Å²) < 4.78 is 0. The summed E-state index contributed by atoms with van der Waals surface area (Å²) in [6.45, 7) is 5.64. The monoisotopic (exact) mass is 310 g/mol. The van der Waals surface area contributed by atoms with Crippen molar-refractivity contribution < 1.29 is 14.7 Å². The minimum Gasteiger partial charge on any atom is -0.478 e. The van der Waals surface area contributed by atoms with Gasteiger partial charge in [0.2, 0.25) is 0 Å². The molecule has 1 aromatic rings. The Bertz CT molecular complexity index is 552. The Morgan fingerprint density at radius 1 is 1.29 bits per heavy atom. The Morgan fingerprint density at radius 2 is 1.90 bits per heavy atom. The predicted octanol–water partition coefficient (Wildman–Crippen LogP) is 3.55. The Morgan fingerprint density at radius 3 is 2.48 bits per heavy atom. The summed E-state index contributed by atoms with van der Waals surface area (Å²) in [5.41, 5.74) is 0.419. The molecule has 21 heavy (non-hydrogen) atoms. The largest absolute Gasteiger partial charge is 0.478 e. The summed E-state index contributed by atoms with van der Waals surface area (Å²) in [5, 5.41) is 12.0. The minimum atomic E-state index is -1.05. The van der Waals surface area contributed by atoms with Crippen molar-refractivity contribution in [3.05, 3.63) is 28.8 Å². The van der Waals surface area contributed by atoms with Gasteiger partial charge >= 0.3 is 12.0 Å². The molecule has 1 aliphatic heterocycles. The zero-order valence-electron chi connectivity index (χ0n) is 12.1.